The van der Waals surface area contributed by atoms with E-state index in [1.807, 2.05) is 0 Å². The largest absolute Gasteiger partial charge is 0.385 e. The standard InChI is InChI=1S/C12H18N2/c1-14(2)12-5-3-4-11(8-12)13-9-10-6-7-10/h3-5,8,10,13H,6-7,9H2,1-2H3. The maximum Gasteiger partial charge on any atom is 0.0381 e. The Morgan fingerprint density at radius 3 is 2.79 bits per heavy atom. The third-order valence-electron chi connectivity index (χ3n) is 2.65. The zero-order chi connectivity index (χ0) is 9.97. The van der Waals surface area contributed by atoms with Gasteiger partial charge in [-0.25, -0.2) is 0 Å². The van der Waals surface area contributed by atoms with Crippen LogP contribution in [0.3, 0.4) is 0 Å². The number of benzene rings is 1. The van der Waals surface area contributed by atoms with Crippen LogP contribution in [0.2, 0.25) is 0 Å². The van der Waals surface area contributed by atoms with E-state index in [1.165, 1.54) is 24.2 Å². The van der Waals surface area contributed by atoms with Gasteiger partial charge in [0.25, 0.3) is 0 Å². The van der Waals surface area contributed by atoms with Crippen molar-refractivity contribution in [2.75, 3.05) is 30.9 Å². The molecule has 0 spiro atoms. The SMILES string of the molecule is CN(C)c1cccc(NCC2CC2)c1. The van der Waals surface area contributed by atoms with Crippen molar-refractivity contribution in [3.63, 3.8) is 0 Å². The molecule has 1 N–H and O–H groups in total. The van der Waals surface area contributed by atoms with E-state index >= 15 is 0 Å². The maximum atomic E-state index is 3.48. The monoisotopic (exact) mass is 190 g/mol. The highest BCUT2D eigenvalue weighted by Crippen LogP contribution is 2.29. The van der Waals surface area contributed by atoms with Crippen molar-refractivity contribution >= 4 is 11.4 Å². The Kier molecular flexibility index (Phi) is 2.62. The van der Waals surface area contributed by atoms with Gasteiger partial charge in [0, 0.05) is 32.0 Å². The van der Waals surface area contributed by atoms with Crippen LogP contribution < -0.4 is 10.2 Å². The van der Waals surface area contributed by atoms with Gasteiger partial charge < -0.3 is 10.2 Å². The molecule has 0 radical (unpaired) electrons. The molecule has 2 rings (SSSR count). The Hall–Kier alpha value is -1.18. The van der Waals surface area contributed by atoms with Crippen LogP contribution in [0, 0.1) is 5.92 Å². The fourth-order valence-corrected chi connectivity index (χ4v) is 1.48. The zero-order valence-corrected chi connectivity index (χ0v) is 8.96. The first-order chi connectivity index (χ1) is 6.75. The normalized spacial score (nSPS) is 15.3. The Bertz CT molecular complexity index is 303. The molecule has 2 nitrogen and oxygen atoms in total. The molecule has 1 aromatic carbocycles. The minimum atomic E-state index is 0.929. The van der Waals surface area contributed by atoms with Gasteiger partial charge in [0.2, 0.25) is 0 Å². The van der Waals surface area contributed by atoms with E-state index in [-0.39, 0.29) is 0 Å². The molecular formula is C12H18N2. The first-order valence-corrected chi connectivity index (χ1v) is 5.27. The van der Waals surface area contributed by atoms with Crippen LogP contribution in [-0.4, -0.2) is 20.6 Å². The van der Waals surface area contributed by atoms with Crippen molar-refractivity contribution < 1.29 is 0 Å². The molecule has 0 atom stereocenters. The fraction of sp³-hybridized carbons (Fsp3) is 0.500. The van der Waals surface area contributed by atoms with Crippen LogP contribution in [0.15, 0.2) is 24.3 Å². The minimum Gasteiger partial charge on any atom is -0.385 e. The second-order valence-corrected chi connectivity index (χ2v) is 4.27. The summed E-state index contributed by atoms with van der Waals surface area (Å²) < 4.78 is 0. The molecule has 0 heterocycles. The van der Waals surface area contributed by atoms with Crippen molar-refractivity contribution in [2.45, 2.75) is 12.8 Å². The van der Waals surface area contributed by atoms with Gasteiger partial charge in [-0.1, -0.05) is 6.07 Å². The average Bonchev–Trinajstić information content (AvgIpc) is 2.99. The molecule has 76 valence electrons. The number of hydrogen-bond acceptors (Lipinski definition) is 2. The van der Waals surface area contributed by atoms with Crippen LogP contribution in [0.25, 0.3) is 0 Å². The molecule has 2 heteroatoms. The van der Waals surface area contributed by atoms with E-state index in [0.29, 0.717) is 0 Å². The number of nitrogens with one attached hydrogen (secondary N) is 1. The molecule has 0 bridgehead atoms. The quantitative estimate of drug-likeness (QED) is 0.785. The van der Waals surface area contributed by atoms with Crippen molar-refractivity contribution in [3.05, 3.63) is 24.3 Å². The summed E-state index contributed by atoms with van der Waals surface area (Å²) in [5, 5.41) is 3.48. The minimum absolute atomic E-state index is 0.929. The predicted octanol–water partition coefficient (Wildman–Crippen LogP) is 2.57. The molecule has 0 amide bonds. The molecule has 0 unspecified atom stereocenters. The molecular weight excluding hydrogens is 172 g/mol. The Morgan fingerprint density at radius 2 is 2.14 bits per heavy atom. The molecule has 1 aliphatic rings. The third kappa shape index (κ3) is 2.41. The van der Waals surface area contributed by atoms with Crippen molar-refractivity contribution in [3.8, 4) is 0 Å². The summed E-state index contributed by atoms with van der Waals surface area (Å²) >= 11 is 0. The second kappa shape index (κ2) is 3.91. The summed E-state index contributed by atoms with van der Waals surface area (Å²) in [5.74, 6) is 0.929. The van der Waals surface area contributed by atoms with Gasteiger partial charge in [-0.3, -0.25) is 0 Å². The fourth-order valence-electron chi connectivity index (χ4n) is 1.48. The first kappa shape index (κ1) is 9.38. The van der Waals surface area contributed by atoms with Crippen LogP contribution in [-0.2, 0) is 0 Å². The highest BCUT2D eigenvalue weighted by Gasteiger charge is 2.20. The lowest BCUT2D eigenvalue weighted by atomic mass is 10.2. The molecule has 1 saturated carbocycles. The summed E-state index contributed by atoms with van der Waals surface area (Å²) in [6, 6.07) is 8.56. The van der Waals surface area contributed by atoms with Crippen LogP contribution >= 0.6 is 0 Å². The van der Waals surface area contributed by atoms with Crippen LogP contribution in [0.5, 0.6) is 0 Å². The Morgan fingerprint density at radius 1 is 1.36 bits per heavy atom. The lowest BCUT2D eigenvalue weighted by Crippen LogP contribution is -2.09. The maximum absolute atomic E-state index is 3.48. The van der Waals surface area contributed by atoms with Crippen LogP contribution in [0.4, 0.5) is 11.4 Å². The van der Waals surface area contributed by atoms with Crippen molar-refractivity contribution in [2.24, 2.45) is 5.92 Å². The van der Waals surface area contributed by atoms with Gasteiger partial charge >= 0.3 is 0 Å². The topological polar surface area (TPSA) is 15.3 Å². The second-order valence-electron chi connectivity index (χ2n) is 4.27. The van der Waals surface area contributed by atoms with E-state index in [1.54, 1.807) is 0 Å². The zero-order valence-electron chi connectivity index (χ0n) is 8.96. The van der Waals surface area contributed by atoms with Gasteiger partial charge in [-0.2, -0.15) is 0 Å². The number of rotatable bonds is 4. The molecule has 14 heavy (non-hydrogen) atoms. The Balaban J connectivity index is 1.97. The van der Waals surface area contributed by atoms with Gasteiger partial charge in [-0.05, 0) is 37.0 Å². The summed E-state index contributed by atoms with van der Waals surface area (Å²) in [6.07, 6.45) is 2.81. The van der Waals surface area contributed by atoms with E-state index in [2.05, 4.69) is 48.6 Å². The number of nitrogens with zero attached hydrogens (tertiary/aromatic N) is 1. The van der Waals surface area contributed by atoms with Gasteiger partial charge in [0.05, 0.1) is 0 Å². The van der Waals surface area contributed by atoms with E-state index < -0.39 is 0 Å². The van der Waals surface area contributed by atoms with E-state index in [9.17, 15) is 0 Å². The molecule has 1 aromatic rings. The summed E-state index contributed by atoms with van der Waals surface area (Å²) in [6.45, 7) is 1.14. The molecule has 1 fully saturated rings. The smallest absolute Gasteiger partial charge is 0.0381 e. The molecule has 0 saturated heterocycles. The molecule has 0 aromatic heterocycles. The summed E-state index contributed by atoms with van der Waals surface area (Å²) in [5.41, 5.74) is 2.49. The first-order valence-electron chi connectivity index (χ1n) is 5.27. The van der Waals surface area contributed by atoms with Gasteiger partial charge in [0.15, 0.2) is 0 Å². The molecule has 1 aliphatic carbocycles. The Labute approximate surface area is 85.9 Å². The lowest BCUT2D eigenvalue weighted by molar-refractivity contribution is 0.889. The van der Waals surface area contributed by atoms with Crippen LogP contribution in [0.1, 0.15) is 12.8 Å². The average molecular weight is 190 g/mol. The molecule has 0 aliphatic heterocycles. The highest BCUT2D eigenvalue weighted by atomic mass is 15.1. The van der Waals surface area contributed by atoms with Gasteiger partial charge in [0.1, 0.15) is 0 Å². The van der Waals surface area contributed by atoms with Crippen molar-refractivity contribution in [1.82, 2.24) is 0 Å². The third-order valence-corrected chi connectivity index (χ3v) is 2.65. The summed E-state index contributed by atoms with van der Waals surface area (Å²) in [4.78, 5) is 2.13. The van der Waals surface area contributed by atoms with E-state index in [4.69, 9.17) is 0 Å². The highest BCUT2D eigenvalue weighted by molar-refractivity contribution is 5.57. The van der Waals surface area contributed by atoms with Gasteiger partial charge in [-0.15, -0.1) is 0 Å². The van der Waals surface area contributed by atoms with Crippen molar-refractivity contribution in [1.29, 1.82) is 0 Å². The number of hydrogen-bond donors (Lipinski definition) is 1. The van der Waals surface area contributed by atoms with E-state index in [0.717, 1.165) is 12.5 Å². The number of anilines is 2. The predicted molar refractivity (Wildman–Crippen MR) is 62.0 cm³/mol. The lowest BCUT2D eigenvalue weighted by Gasteiger charge is -2.14. The summed E-state index contributed by atoms with van der Waals surface area (Å²) in [7, 11) is 4.14.